The quantitative estimate of drug-likeness (QED) is 0.591. The van der Waals surface area contributed by atoms with Gasteiger partial charge in [-0.15, -0.1) is 0 Å². The average Bonchev–Trinajstić information content (AvgIpc) is 2.93. The Morgan fingerprint density at radius 2 is 1.91 bits per heavy atom. The van der Waals surface area contributed by atoms with Crippen LogP contribution in [-0.4, -0.2) is 10.9 Å². The molecule has 0 aliphatic rings. The second kappa shape index (κ2) is 5.25. The molecule has 1 amide bonds. The summed E-state index contributed by atoms with van der Waals surface area (Å²) in [4.78, 5) is 16.7. The van der Waals surface area contributed by atoms with E-state index >= 15 is 0 Å². The van der Waals surface area contributed by atoms with Crippen molar-refractivity contribution in [1.29, 1.82) is 0 Å². The van der Waals surface area contributed by atoms with Crippen LogP contribution in [0.25, 0.3) is 21.7 Å². The van der Waals surface area contributed by atoms with E-state index in [4.69, 9.17) is 4.42 Å². The van der Waals surface area contributed by atoms with Crippen molar-refractivity contribution in [2.75, 3.05) is 5.32 Å². The summed E-state index contributed by atoms with van der Waals surface area (Å²) in [5, 5.41) is 5.83. The monoisotopic (exact) mass is 302 g/mol. The normalized spacial score (nSPS) is 11.0. The van der Waals surface area contributed by atoms with Gasteiger partial charge >= 0.3 is 0 Å². The van der Waals surface area contributed by atoms with Gasteiger partial charge < -0.3 is 9.73 Å². The molecule has 23 heavy (non-hydrogen) atoms. The predicted molar refractivity (Wildman–Crippen MR) is 90.6 cm³/mol. The number of carbonyl (C=O) groups is 1. The van der Waals surface area contributed by atoms with E-state index in [-0.39, 0.29) is 5.91 Å². The first-order valence-electron chi connectivity index (χ1n) is 7.36. The Kier molecular flexibility index (Phi) is 3.08. The van der Waals surface area contributed by atoms with E-state index in [2.05, 4.69) is 10.3 Å². The van der Waals surface area contributed by atoms with Gasteiger partial charge in [0.1, 0.15) is 5.58 Å². The smallest absolute Gasteiger partial charge is 0.291 e. The van der Waals surface area contributed by atoms with Crippen LogP contribution in [0.3, 0.4) is 0 Å². The van der Waals surface area contributed by atoms with E-state index < -0.39 is 0 Å². The number of benzene rings is 2. The van der Waals surface area contributed by atoms with Crippen molar-refractivity contribution >= 4 is 33.3 Å². The van der Waals surface area contributed by atoms with Gasteiger partial charge in [0.2, 0.25) is 0 Å². The summed E-state index contributed by atoms with van der Waals surface area (Å²) in [5.41, 5.74) is 2.31. The number of pyridine rings is 1. The molecular formula is C19H14N2O2. The molecule has 2 aromatic heterocycles. The number of carbonyl (C=O) groups excluding carboxylic acids is 1. The fourth-order valence-electron chi connectivity index (χ4n) is 2.80. The lowest BCUT2D eigenvalue weighted by Gasteiger charge is -2.07. The number of rotatable bonds is 2. The summed E-state index contributed by atoms with van der Waals surface area (Å²) in [5.74, 6) is 0.0975. The highest BCUT2D eigenvalue weighted by molar-refractivity contribution is 6.10. The third-order valence-electron chi connectivity index (χ3n) is 3.98. The van der Waals surface area contributed by atoms with Crippen LogP contribution in [0.5, 0.6) is 0 Å². The molecule has 0 saturated carbocycles. The zero-order valence-corrected chi connectivity index (χ0v) is 12.5. The van der Waals surface area contributed by atoms with Gasteiger partial charge in [-0.2, -0.15) is 0 Å². The van der Waals surface area contributed by atoms with E-state index in [1.807, 2.05) is 55.5 Å². The number of furan rings is 1. The Hall–Kier alpha value is -3.14. The van der Waals surface area contributed by atoms with Gasteiger partial charge in [-0.05, 0) is 25.1 Å². The van der Waals surface area contributed by atoms with E-state index in [0.29, 0.717) is 5.76 Å². The molecule has 0 bridgehead atoms. The molecule has 0 saturated heterocycles. The number of nitrogens with zero attached hydrogens (tertiary/aromatic N) is 1. The maximum absolute atomic E-state index is 12.6. The van der Waals surface area contributed by atoms with Gasteiger partial charge in [-0.3, -0.25) is 9.78 Å². The summed E-state index contributed by atoms with van der Waals surface area (Å²) >= 11 is 0. The van der Waals surface area contributed by atoms with Crippen LogP contribution in [-0.2, 0) is 0 Å². The van der Waals surface area contributed by atoms with Crippen molar-refractivity contribution in [1.82, 2.24) is 4.98 Å². The predicted octanol–water partition coefficient (Wildman–Crippen LogP) is 4.54. The van der Waals surface area contributed by atoms with Crippen LogP contribution >= 0.6 is 0 Å². The largest absolute Gasteiger partial charge is 0.451 e. The Morgan fingerprint density at radius 3 is 2.78 bits per heavy atom. The van der Waals surface area contributed by atoms with E-state index in [1.165, 1.54) is 0 Å². The van der Waals surface area contributed by atoms with Gasteiger partial charge in [0.15, 0.2) is 5.76 Å². The van der Waals surface area contributed by atoms with Crippen LogP contribution < -0.4 is 5.32 Å². The van der Waals surface area contributed by atoms with Crippen molar-refractivity contribution in [2.24, 2.45) is 0 Å². The molecule has 2 aromatic carbocycles. The van der Waals surface area contributed by atoms with Crippen molar-refractivity contribution in [3.8, 4) is 0 Å². The van der Waals surface area contributed by atoms with E-state index in [1.54, 1.807) is 12.4 Å². The number of aryl methyl sites for hydroxylation is 1. The Bertz CT molecular complexity index is 1030. The third kappa shape index (κ3) is 2.25. The highest BCUT2D eigenvalue weighted by Gasteiger charge is 2.18. The fraction of sp³-hybridized carbons (Fsp3) is 0.0526. The standard InChI is InChI=1S/C19H14N2O2/c1-12-14-6-2-3-8-17(14)23-18(12)19(22)21-16-7-4-5-13-11-20-10-9-15(13)16/h2-11H,1H3,(H,21,22). The zero-order chi connectivity index (χ0) is 15.8. The third-order valence-corrected chi connectivity index (χ3v) is 3.98. The van der Waals surface area contributed by atoms with Crippen LogP contribution in [0, 0.1) is 6.92 Å². The SMILES string of the molecule is Cc1c(C(=O)Nc2cccc3cnccc23)oc2ccccc12. The highest BCUT2D eigenvalue weighted by Crippen LogP contribution is 2.27. The molecule has 1 N–H and O–H groups in total. The molecule has 0 atom stereocenters. The molecule has 4 heteroatoms. The van der Waals surface area contributed by atoms with E-state index in [0.717, 1.165) is 33.0 Å². The minimum Gasteiger partial charge on any atom is -0.451 e. The number of aromatic nitrogens is 1. The molecule has 0 fully saturated rings. The number of amides is 1. The average molecular weight is 302 g/mol. The molecule has 0 radical (unpaired) electrons. The molecular weight excluding hydrogens is 288 g/mol. The summed E-state index contributed by atoms with van der Waals surface area (Å²) < 4.78 is 5.72. The summed E-state index contributed by atoms with van der Waals surface area (Å²) in [6, 6.07) is 15.3. The molecule has 0 aliphatic heterocycles. The molecule has 2 heterocycles. The lowest BCUT2D eigenvalue weighted by Crippen LogP contribution is -2.12. The van der Waals surface area contributed by atoms with Crippen LogP contribution in [0.2, 0.25) is 0 Å². The zero-order valence-electron chi connectivity index (χ0n) is 12.5. The van der Waals surface area contributed by atoms with Crippen molar-refractivity contribution in [3.63, 3.8) is 0 Å². The molecule has 0 aliphatic carbocycles. The first kappa shape index (κ1) is 13.5. The summed E-state index contributed by atoms with van der Waals surface area (Å²) in [6.07, 6.45) is 3.49. The lowest BCUT2D eigenvalue weighted by atomic mass is 10.1. The highest BCUT2D eigenvalue weighted by atomic mass is 16.3. The van der Waals surface area contributed by atoms with Gasteiger partial charge in [0, 0.05) is 39.8 Å². The second-order valence-electron chi connectivity index (χ2n) is 5.41. The Balaban J connectivity index is 1.75. The van der Waals surface area contributed by atoms with Gasteiger partial charge in [-0.1, -0.05) is 30.3 Å². The lowest BCUT2D eigenvalue weighted by molar-refractivity contribution is 0.0998. The van der Waals surface area contributed by atoms with Gasteiger partial charge in [0.05, 0.1) is 0 Å². The molecule has 0 spiro atoms. The maximum Gasteiger partial charge on any atom is 0.291 e. The number of hydrogen-bond acceptors (Lipinski definition) is 3. The van der Waals surface area contributed by atoms with Crippen molar-refractivity contribution in [3.05, 3.63) is 72.2 Å². The molecule has 4 rings (SSSR count). The number of fused-ring (bicyclic) bond motifs is 2. The Labute approximate surface area is 132 Å². The topological polar surface area (TPSA) is 55.1 Å². The molecule has 4 nitrogen and oxygen atoms in total. The van der Waals surface area contributed by atoms with Crippen LogP contribution in [0.4, 0.5) is 5.69 Å². The van der Waals surface area contributed by atoms with Crippen LogP contribution in [0.1, 0.15) is 16.1 Å². The summed E-state index contributed by atoms with van der Waals surface area (Å²) in [7, 11) is 0. The van der Waals surface area contributed by atoms with E-state index in [9.17, 15) is 4.79 Å². The van der Waals surface area contributed by atoms with Gasteiger partial charge in [0.25, 0.3) is 5.91 Å². The molecule has 4 aromatic rings. The minimum atomic E-state index is -0.247. The molecule has 0 unspecified atom stereocenters. The maximum atomic E-state index is 12.6. The van der Waals surface area contributed by atoms with Crippen molar-refractivity contribution < 1.29 is 9.21 Å². The molecule has 112 valence electrons. The van der Waals surface area contributed by atoms with Crippen LogP contribution in [0.15, 0.2) is 65.3 Å². The number of para-hydroxylation sites is 1. The van der Waals surface area contributed by atoms with Gasteiger partial charge in [-0.25, -0.2) is 0 Å². The minimum absolute atomic E-state index is 0.247. The Morgan fingerprint density at radius 1 is 1.04 bits per heavy atom. The first-order chi connectivity index (χ1) is 11.2. The number of nitrogens with one attached hydrogen (secondary N) is 1. The fourth-order valence-corrected chi connectivity index (χ4v) is 2.80. The first-order valence-corrected chi connectivity index (χ1v) is 7.36. The number of anilines is 1. The summed E-state index contributed by atoms with van der Waals surface area (Å²) in [6.45, 7) is 1.90. The van der Waals surface area contributed by atoms with Crippen molar-refractivity contribution in [2.45, 2.75) is 6.92 Å². The number of hydrogen-bond donors (Lipinski definition) is 1. The second-order valence-corrected chi connectivity index (χ2v) is 5.41.